The van der Waals surface area contributed by atoms with Crippen LogP contribution < -0.4 is 9.46 Å². The number of aryl methyl sites for hydroxylation is 1. The van der Waals surface area contributed by atoms with Gasteiger partial charge in [0.15, 0.2) is 0 Å². The van der Waals surface area contributed by atoms with Crippen molar-refractivity contribution in [1.29, 1.82) is 0 Å². The summed E-state index contributed by atoms with van der Waals surface area (Å²) < 4.78 is 52.2. The highest BCUT2D eigenvalue weighted by Crippen LogP contribution is 2.51. The monoisotopic (exact) mass is 628 g/mol. The number of ether oxygens (including phenoxy) is 1. The van der Waals surface area contributed by atoms with Crippen molar-refractivity contribution in [3.05, 3.63) is 173 Å². The molecule has 0 fully saturated rings. The lowest BCUT2D eigenvalue weighted by Crippen LogP contribution is -2.32. The molecule has 0 bridgehead atoms. The van der Waals surface area contributed by atoms with E-state index in [-0.39, 0.29) is 17.3 Å². The quantitative estimate of drug-likeness (QED) is 0.177. The summed E-state index contributed by atoms with van der Waals surface area (Å²) in [6.07, 6.45) is 2.62. The van der Waals surface area contributed by atoms with E-state index in [1.165, 1.54) is 6.07 Å². The fourth-order valence-electron chi connectivity index (χ4n) is 6.67. The van der Waals surface area contributed by atoms with Crippen LogP contribution in [0.3, 0.4) is 0 Å². The molecule has 0 amide bonds. The molecule has 0 saturated carbocycles. The molecule has 46 heavy (non-hydrogen) atoms. The number of rotatable bonds is 9. The van der Waals surface area contributed by atoms with Gasteiger partial charge in [0, 0.05) is 17.5 Å². The molecule has 1 aliphatic rings. The Morgan fingerprint density at radius 1 is 0.804 bits per heavy atom. The largest absolute Gasteiger partial charge is 0.497 e. The second-order valence-corrected chi connectivity index (χ2v) is 13.3. The molecule has 2 heterocycles. The van der Waals surface area contributed by atoms with Gasteiger partial charge in [0.05, 0.1) is 23.2 Å². The van der Waals surface area contributed by atoms with Crippen molar-refractivity contribution < 1.29 is 17.5 Å². The maximum atomic E-state index is 14.8. The van der Waals surface area contributed by atoms with Gasteiger partial charge < -0.3 is 9.30 Å². The molecule has 7 rings (SSSR count). The summed E-state index contributed by atoms with van der Waals surface area (Å²) >= 11 is 0. The number of allylic oxidation sites excluding steroid dienone is 1. The summed E-state index contributed by atoms with van der Waals surface area (Å²) in [6, 6.07) is 40.1. The number of nitrogens with one attached hydrogen (secondary N) is 1. The second kappa shape index (κ2) is 11.7. The summed E-state index contributed by atoms with van der Waals surface area (Å²) in [4.78, 5) is 0.222. The SMILES string of the molecule is COc1ccc2c(c1)c(CCNS(=O)(=O)c1ccc(C)cc1)c1n2C(c2ccccc2)(c2ccccc2)C=C1c1cccc(F)c1. The van der Waals surface area contributed by atoms with Crippen LogP contribution in [-0.2, 0) is 22.0 Å². The molecule has 1 aromatic heterocycles. The molecule has 0 saturated heterocycles. The van der Waals surface area contributed by atoms with E-state index in [0.717, 1.165) is 50.0 Å². The van der Waals surface area contributed by atoms with E-state index in [1.54, 1.807) is 43.5 Å². The fraction of sp³-hybridized carbons (Fsp3) is 0.128. The maximum Gasteiger partial charge on any atom is 0.240 e. The number of nitrogens with zero attached hydrogens (tertiary/aromatic N) is 1. The van der Waals surface area contributed by atoms with Gasteiger partial charge in [-0.3, -0.25) is 0 Å². The molecule has 6 aromatic rings. The first-order valence-corrected chi connectivity index (χ1v) is 16.7. The number of sulfonamides is 1. The number of aromatic nitrogens is 1. The minimum Gasteiger partial charge on any atom is -0.497 e. The molecule has 7 heteroatoms. The van der Waals surface area contributed by atoms with E-state index < -0.39 is 15.6 Å². The van der Waals surface area contributed by atoms with E-state index in [0.29, 0.717) is 12.2 Å². The predicted octanol–water partition coefficient (Wildman–Crippen LogP) is 7.86. The molecule has 5 nitrogen and oxygen atoms in total. The van der Waals surface area contributed by atoms with Crippen LogP contribution in [-0.4, -0.2) is 26.6 Å². The average molecular weight is 629 g/mol. The molecular formula is C39H33FN2O3S. The number of halogens is 1. The molecule has 0 aliphatic carbocycles. The Labute approximate surface area is 268 Å². The second-order valence-electron chi connectivity index (χ2n) is 11.6. The van der Waals surface area contributed by atoms with Crippen LogP contribution in [0.25, 0.3) is 16.5 Å². The molecule has 1 N–H and O–H groups in total. The first kappa shape index (κ1) is 29.7. The average Bonchev–Trinajstić information content (AvgIpc) is 3.60. The first-order chi connectivity index (χ1) is 22.3. The molecule has 230 valence electrons. The Balaban J connectivity index is 1.47. The predicted molar refractivity (Wildman–Crippen MR) is 181 cm³/mol. The molecular weight excluding hydrogens is 596 g/mol. The van der Waals surface area contributed by atoms with Crippen molar-refractivity contribution in [3.63, 3.8) is 0 Å². The minimum absolute atomic E-state index is 0.166. The number of methoxy groups -OCH3 is 1. The third-order valence-electron chi connectivity index (χ3n) is 8.80. The summed E-state index contributed by atoms with van der Waals surface area (Å²) in [5, 5.41) is 0.946. The Bertz CT molecular complexity index is 2150. The summed E-state index contributed by atoms with van der Waals surface area (Å²) in [6.45, 7) is 2.09. The molecule has 0 unspecified atom stereocenters. The van der Waals surface area contributed by atoms with Crippen molar-refractivity contribution in [3.8, 4) is 5.75 Å². The lowest BCUT2D eigenvalue weighted by Gasteiger charge is -2.33. The van der Waals surface area contributed by atoms with Gasteiger partial charge in [0.1, 0.15) is 17.1 Å². The van der Waals surface area contributed by atoms with Gasteiger partial charge in [-0.25, -0.2) is 17.5 Å². The van der Waals surface area contributed by atoms with Crippen molar-refractivity contribution in [1.82, 2.24) is 9.29 Å². The maximum absolute atomic E-state index is 14.8. The van der Waals surface area contributed by atoms with Crippen molar-refractivity contribution in [2.75, 3.05) is 13.7 Å². The molecule has 0 atom stereocenters. The molecule has 0 radical (unpaired) electrons. The topological polar surface area (TPSA) is 60.3 Å². The van der Waals surface area contributed by atoms with Gasteiger partial charge in [-0.1, -0.05) is 90.5 Å². The number of benzene rings is 5. The Morgan fingerprint density at radius 3 is 2.11 bits per heavy atom. The Kier molecular flexibility index (Phi) is 7.59. The summed E-state index contributed by atoms with van der Waals surface area (Å²) in [7, 11) is -2.10. The van der Waals surface area contributed by atoms with Crippen LogP contribution in [0, 0.1) is 12.7 Å². The van der Waals surface area contributed by atoms with Crippen LogP contribution >= 0.6 is 0 Å². The highest BCUT2D eigenvalue weighted by atomic mass is 32.2. The van der Waals surface area contributed by atoms with Gasteiger partial charge in [0.2, 0.25) is 10.0 Å². The van der Waals surface area contributed by atoms with E-state index in [2.05, 4.69) is 45.7 Å². The zero-order valence-electron chi connectivity index (χ0n) is 25.6. The van der Waals surface area contributed by atoms with Crippen LogP contribution in [0.1, 0.15) is 33.5 Å². The number of fused-ring (bicyclic) bond motifs is 3. The van der Waals surface area contributed by atoms with Gasteiger partial charge in [0.25, 0.3) is 0 Å². The highest BCUT2D eigenvalue weighted by molar-refractivity contribution is 7.89. The lowest BCUT2D eigenvalue weighted by atomic mass is 9.82. The Morgan fingerprint density at radius 2 is 1.48 bits per heavy atom. The minimum atomic E-state index is -3.74. The van der Waals surface area contributed by atoms with Crippen LogP contribution in [0.5, 0.6) is 5.75 Å². The number of hydrogen-bond acceptors (Lipinski definition) is 3. The smallest absolute Gasteiger partial charge is 0.240 e. The van der Waals surface area contributed by atoms with E-state index >= 15 is 0 Å². The lowest BCUT2D eigenvalue weighted by molar-refractivity contribution is 0.415. The zero-order chi connectivity index (χ0) is 31.9. The van der Waals surface area contributed by atoms with Crippen molar-refractivity contribution in [2.24, 2.45) is 0 Å². The molecule has 1 aliphatic heterocycles. The fourth-order valence-corrected chi connectivity index (χ4v) is 7.70. The van der Waals surface area contributed by atoms with Gasteiger partial charge >= 0.3 is 0 Å². The van der Waals surface area contributed by atoms with Crippen LogP contribution in [0.15, 0.2) is 138 Å². The van der Waals surface area contributed by atoms with Crippen LogP contribution in [0.4, 0.5) is 4.39 Å². The number of hydrogen-bond donors (Lipinski definition) is 1. The third-order valence-corrected chi connectivity index (χ3v) is 10.3. The third kappa shape index (κ3) is 5.02. The Hall–Kier alpha value is -4.98. The van der Waals surface area contributed by atoms with E-state index in [4.69, 9.17) is 4.74 Å². The molecule has 0 spiro atoms. The van der Waals surface area contributed by atoms with Gasteiger partial charge in [-0.2, -0.15) is 0 Å². The summed E-state index contributed by atoms with van der Waals surface area (Å²) in [5.41, 5.74) is 6.75. The molecule has 5 aromatic carbocycles. The standard InChI is InChI=1S/C39H33FN2O3S/c1-27-16-19-33(20-17-27)46(43,44)41-23-22-34-35-25-32(45-2)18-21-37(35)42-38(34)36(28-10-9-15-31(40)24-28)26-39(42,29-11-5-3-6-12-29)30-13-7-4-8-14-30/h3-21,24-26,41H,22-23H2,1-2H3. The van der Waals surface area contributed by atoms with Gasteiger partial charge in [-0.15, -0.1) is 0 Å². The van der Waals surface area contributed by atoms with Crippen LogP contribution in [0.2, 0.25) is 0 Å². The first-order valence-electron chi connectivity index (χ1n) is 15.2. The summed E-state index contributed by atoms with van der Waals surface area (Å²) in [5.74, 6) is 0.367. The van der Waals surface area contributed by atoms with Crippen molar-refractivity contribution >= 4 is 26.5 Å². The van der Waals surface area contributed by atoms with Gasteiger partial charge in [-0.05, 0) is 84.1 Å². The van der Waals surface area contributed by atoms with Crippen molar-refractivity contribution in [2.45, 2.75) is 23.8 Å². The zero-order valence-corrected chi connectivity index (χ0v) is 26.4. The van der Waals surface area contributed by atoms with E-state index in [1.807, 2.05) is 61.5 Å². The normalized spacial score (nSPS) is 13.8. The van der Waals surface area contributed by atoms with E-state index in [9.17, 15) is 12.8 Å². The highest BCUT2D eigenvalue weighted by Gasteiger charge is 2.44.